The normalized spacial score (nSPS) is 23.7. The molecule has 0 aliphatic carbocycles. The largest absolute Gasteiger partial charge is 0.484 e. The molecule has 2 heterocycles. The van der Waals surface area contributed by atoms with Crippen molar-refractivity contribution >= 4 is 11.9 Å². The van der Waals surface area contributed by atoms with Gasteiger partial charge in [-0.15, -0.1) is 0 Å². The van der Waals surface area contributed by atoms with Crippen LogP contribution in [0.5, 0.6) is 5.75 Å². The van der Waals surface area contributed by atoms with Crippen LogP contribution in [0.1, 0.15) is 56.0 Å². The van der Waals surface area contributed by atoms with Crippen LogP contribution >= 0.6 is 0 Å². The van der Waals surface area contributed by atoms with Gasteiger partial charge in [0, 0.05) is 6.54 Å². The number of ether oxygens (including phenoxy) is 2. The average Bonchev–Trinajstić information content (AvgIpc) is 2.44. The zero-order valence-corrected chi connectivity index (χ0v) is 14.8. The number of Topliss-reactive ketones (excluding diaryl/α,β-unsaturated/α-hetero) is 1. The van der Waals surface area contributed by atoms with Crippen LogP contribution in [0.2, 0.25) is 0 Å². The highest BCUT2D eigenvalue weighted by Crippen LogP contribution is 2.39. The Morgan fingerprint density at radius 2 is 2.08 bits per heavy atom. The summed E-state index contributed by atoms with van der Waals surface area (Å²) < 4.78 is 11.7. The van der Waals surface area contributed by atoms with Crippen molar-refractivity contribution in [1.82, 2.24) is 4.90 Å². The van der Waals surface area contributed by atoms with Crippen molar-refractivity contribution < 1.29 is 19.1 Å². The van der Waals surface area contributed by atoms with E-state index >= 15 is 0 Å². The maximum atomic E-state index is 12.6. The number of likely N-dealkylation sites (tertiary alicyclic amines) is 1. The van der Waals surface area contributed by atoms with Gasteiger partial charge < -0.3 is 14.4 Å². The number of carbonyl (C=O) groups is 2. The Morgan fingerprint density at radius 3 is 2.79 bits per heavy atom. The van der Waals surface area contributed by atoms with Crippen LogP contribution in [0, 0.1) is 6.92 Å². The molecule has 1 spiro atoms. The highest BCUT2D eigenvalue weighted by Gasteiger charge is 2.45. The lowest BCUT2D eigenvalue weighted by Crippen LogP contribution is -2.56. The highest BCUT2D eigenvalue weighted by molar-refractivity contribution is 6.00. The van der Waals surface area contributed by atoms with Gasteiger partial charge in [-0.2, -0.15) is 0 Å². The minimum atomic E-state index is -0.632. The highest BCUT2D eigenvalue weighted by atomic mass is 16.6. The molecular formula is C19H25NO4. The van der Waals surface area contributed by atoms with Crippen molar-refractivity contribution in [3.8, 4) is 5.75 Å². The van der Waals surface area contributed by atoms with Gasteiger partial charge in [0.05, 0.1) is 18.5 Å². The molecule has 0 saturated carbocycles. The van der Waals surface area contributed by atoms with E-state index in [4.69, 9.17) is 9.47 Å². The molecule has 1 saturated heterocycles. The maximum Gasteiger partial charge on any atom is 0.410 e. The van der Waals surface area contributed by atoms with Gasteiger partial charge in [-0.1, -0.05) is 6.07 Å². The molecule has 2 aliphatic heterocycles. The molecule has 0 N–H and O–H groups in total. The van der Waals surface area contributed by atoms with Crippen molar-refractivity contribution in [1.29, 1.82) is 0 Å². The monoisotopic (exact) mass is 331 g/mol. The lowest BCUT2D eigenvalue weighted by molar-refractivity contribution is -0.0334. The first-order chi connectivity index (χ1) is 11.2. The van der Waals surface area contributed by atoms with Crippen molar-refractivity contribution in [2.45, 2.75) is 58.2 Å². The van der Waals surface area contributed by atoms with E-state index in [1.165, 1.54) is 0 Å². The minimum Gasteiger partial charge on any atom is -0.484 e. The van der Waals surface area contributed by atoms with Crippen molar-refractivity contribution in [2.75, 3.05) is 13.1 Å². The van der Waals surface area contributed by atoms with Gasteiger partial charge in [0.15, 0.2) is 5.78 Å². The van der Waals surface area contributed by atoms with Crippen LogP contribution in [0.4, 0.5) is 4.79 Å². The zero-order chi connectivity index (χ0) is 17.5. The van der Waals surface area contributed by atoms with Gasteiger partial charge in [-0.3, -0.25) is 4.79 Å². The fourth-order valence-corrected chi connectivity index (χ4v) is 3.41. The van der Waals surface area contributed by atoms with Gasteiger partial charge >= 0.3 is 6.09 Å². The van der Waals surface area contributed by atoms with Crippen molar-refractivity contribution in [3.63, 3.8) is 0 Å². The molecular weight excluding hydrogens is 306 g/mol. The molecule has 1 unspecified atom stereocenters. The van der Waals surface area contributed by atoms with E-state index < -0.39 is 11.2 Å². The number of hydrogen-bond acceptors (Lipinski definition) is 4. The predicted molar refractivity (Wildman–Crippen MR) is 90.5 cm³/mol. The SMILES string of the molecule is Cc1ccc2c(c1)OC1(CCCN(C(=O)OC(C)(C)C)C1)CC2=O. The Bertz CT molecular complexity index is 676. The first-order valence-electron chi connectivity index (χ1n) is 8.48. The van der Waals surface area contributed by atoms with E-state index in [1.54, 1.807) is 4.90 Å². The fraction of sp³-hybridized carbons (Fsp3) is 0.579. The van der Waals surface area contributed by atoms with Crippen LogP contribution in [0.25, 0.3) is 0 Å². The number of benzene rings is 1. The molecule has 1 fully saturated rings. The number of fused-ring (bicyclic) bond motifs is 1. The Morgan fingerprint density at radius 1 is 1.33 bits per heavy atom. The van der Waals surface area contributed by atoms with E-state index in [0.717, 1.165) is 18.4 Å². The summed E-state index contributed by atoms with van der Waals surface area (Å²) in [6.45, 7) is 8.55. The van der Waals surface area contributed by atoms with E-state index in [2.05, 4.69) is 0 Å². The lowest BCUT2D eigenvalue weighted by atomic mass is 9.83. The lowest BCUT2D eigenvalue weighted by Gasteiger charge is -2.44. The van der Waals surface area contributed by atoms with Gasteiger partial charge in [-0.05, 0) is 58.2 Å². The zero-order valence-electron chi connectivity index (χ0n) is 14.8. The van der Waals surface area contributed by atoms with Crippen LogP contribution in [-0.4, -0.2) is 41.1 Å². The summed E-state index contributed by atoms with van der Waals surface area (Å²) in [6.07, 6.45) is 1.54. The Labute approximate surface area is 142 Å². The summed E-state index contributed by atoms with van der Waals surface area (Å²) in [5.41, 5.74) is 0.529. The topological polar surface area (TPSA) is 55.8 Å². The molecule has 5 nitrogen and oxygen atoms in total. The summed E-state index contributed by atoms with van der Waals surface area (Å²) >= 11 is 0. The van der Waals surface area contributed by atoms with Crippen molar-refractivity contribution in [3.05, 3.63) is 29.3 Å². The molecule has 3 rings (SSSR count). The Balaban J connectivity index is 1.81. The smallest absolute Gasteiger partial charge is 0.410 e. The standard InChI is InChI=1S/C19H25NO4/c1-13-6-7-14-15(21)11-19(23-16(14)10-13)8-5-9-20(12-19)17(22)24-18(2,3)4/h6-7,10H,5,8-9,11-12H2,1-4H3. The number of nitrogens with zero attached hydrogens (tertiary/aromatic N) is 1. The predicted octanol–water partition coefficient (Wildman–Crippen LogP) is 3.73. The molecule has 1 aromatic carbocycles. The second kappa shape index (κ2) is 5.80. The molecule has 0 radical (unpaired) electrons. The van der Waals surface area contributed by atoms with Crippen molar-refractivity contribution in [2.24, 2.45) is 0 Å². The van der Waals surface area contributed by atoms with E-state index in [0.29, 0.717) is 30.8 Å². The number of amides is 1. The molecule has 1 aromatic rings. The number of ketones is 1. The maximum absolute atomic E-state index is 12.6. The third kappa shape index (κ3) is 3.40. The number of hydrogen-bond donors (Lipinski definition) is 0. The summed E-state index contributed by atoms with van der Waals surface area (Å²) in [7, 11) is 0. The summed E-state index contributed by atoms with van der Waals surface area (Å²) in [5.74, 6) is 0.722. The van der Waals surface area contributed by atoms with Crippen LogP contribution < -0.4 is 4.74 Å². The molecule has 24 heavy (non-hydrogen) atoms. The Hall–Kier alpha value is -2.04. The summed E-state index contributed by atoms with van der Waals surface area (Å²) in [4.78, 5) is 26.6. The second-order valence-corrected chi connectivity index (χ2v) is 7.89. The van der Waals surface area contributed by atoms with Crippen LogP contribution in [0.15, 0.2) is 18.2 Å². The third-order valence-electron chi connectivity index (χ3n) is 4.44. The molecule has 1 atom stereocenters. The number of piperidine rings is 1. The molecule has 130 valence electrons. The molecule has 2 aliphatic rings. The molecule has 0 bridgehead atoms. The first kappa shape index (κ1) is 16.8. The third-order valence-corrected chi connectivity index (χ3v) is 4.44. The summed E-state index contributed by atoms with van der Waals surface area (Å²) in [6, 6.07) is 5.65. The molecule has 1 amide bonds. The fourth-order valence-electron chi connectivity index (χ4n) is 3.41. The summed E-state index contributed by atoms with van der Waals surface area (Å²) in [5, 5.41) is 0. The van der Waals surface area contributed by atoms with Crippen LogP contribution in [0.3, 0.4) is 0 Å². The molecule has 5 heteroatoms. The first-order valence-corrected chi connectivity index (χ1v) is 8.48. The van der Waals surface area contributed by atoms with Crippen LogP contribution in [-0.2, 0) is 4.74 Å². The van der Waals surface area contributed by atoms with Gasteiger partial charge in [0.2, 0.25) is 0 Å². The number of aryl methyl sites for hydroxylation is 1. The quantitative estimate of drug-likeness (QED) is 0.727. The Kier molecular flexibility index (Phi) is 4.06. The van der Waals surface area contributed by atoms with E-state index in [1.807, 2.05) is 45.9 Å². The van der Waals surface area contributed by atoms with Gasteiger partial charge in [0.25, 0.3) is 0 Å². The average molecular weight is 331 g/mol. The number of rotatable bonds is 0. The van der Waals surface area contributed by atoms with E-state index in [9.17, 15) is 9.59 Å². The van der Waals surface area contributed by atoms with Gasteiger partial charge in [-0.25, -0.2) is 4.79 Å². The van der Waals surface area contributed by atoms with Gasteiger partial charge in [0.1, 0.15) is 17.0 Å². The van der Waals surface area contributed by atoms with E-state index in [-0.39, 0.29) is 11.9 Å². The molecule has 0 aromatic heterocycles. The minimum absolute atomic E-state index is 0.0855. The number of carbonyl (C=O) groups excluding carboxylic acids is 2. The second-order valence-electron chi connectivity index (χ2n) is 7.89.